The summed E-state index contributed by atoms with van der Waals surface area (Å²) in [7, 11) is 2.64. The smallest absolute Gasteiger partial charge is 0.408 e. The minimum absolute atomic E-state index is 0.0684. The van der Waals surface area contributed by atoms with Crippen LogP contribution >= 0.6 is 0 Å². The lowest BCUT2D eigenvalue weighted by molar-refractivity contribution is -0.152. The highest BCUT2D eigenvalue weighted by atomic mass is 19.1. The average molecular weight is 454 g/mol. The lowest BCUT2D eigenvalue weighted by atomic mass is 10.1. The van der Waals surface area contributed by atoms with Gasteiger partial charge in [0.05, 0.1) is 19.8 Å². The van der Waals surface area contributed by atoms with Gasteiger partial charge in [0, 0.05) is 13.5 Å². The first kappa shape index (κ1) is 25.4. The molecule has 4 atom stereocenters. The standard InChI is InChI=1S/C22H31FN2O7/c1-13(29-5)18(24-21(28)32-22(2,3)4)19(26)25-12-16(11-17(25)20(27)30-6)31-15-9-7-14(23)8-10-15/h7-10,13,16-18H,11-12H2,1-6H3,(H,24,28). The number of hydrogen-bond donors (Lipinski definition) is 1. The van der Waals surface area contributed by atoms with Crippen molar-refractivity contribution in [3.8, 4) is 5.75 Å². The Balaban J connectivity index is 2.21. The predicted octanol–water partition coefficient (Wildman–Crippen LogP) is 2.28. The third-order valence-electron chi connectivity index (χ3n) is 4.91. The molecule has 0 bridgehead atoms. The lowest BCUT2D eigenvalue weighted by Gasteiger charge is -2.31. The van der Waals surface area contributed by atoms with Crippen molar-refractivity contribution < 1.29 is 37.7 Å². The SMILES string of the molecule is COC(=O)C1CC(Oc2ccc(F)cc2)CN1C(=O)C(NC(=O)OC(C)(C)C)C(C)OC. The van der Waals surface area contributed by atoms with Gasteiger partial charge >= 0.3 is 12.1 Å². The molecule has 32 heavy (non-hydrogen) atoms. The van der Waals surface area contributed by atoms with Gasteiger partial charge in [-0.05, 0) is 52.0 Å². The Bertz CT molecular complexity index is 809. The van der Waals surface area contributed by atoms with E-state index in [1.165, 1.54) is 43.4 Å². The second-order valence-electron chi connectivity index (χ2n) is 8.52. The van der Waals surface area contributed by atoms with Gasteiger partial charge in [0.2, 0.25) is 5.91 Å². The first-order chi connectivity index (χ1) is 14.9. The van der Waals surface area contributed by atoms with Crippen molar-refractivity contribution >= 4 is 18.0 Å². The largest absolute Gasteiger partial charge is 0.488 e. The second kappa shape index (κ2) is 10.6. The molecule has 0 radical (unpaired) electrons. The number of nitrogens with zero attached hydrogens (tertiary/aromatic N) is 1. The Morgan fingerprint density at radius 1 is 1.16 bits per heavy atom. The van der Waals surface area contributed by atoms with E-state index in [0.717, 1.165) is 0 Å². The summed E-state index contributed by atoms with van der Waals surface area (Å²) in [5.41, 5.74) is -0.760. The number of alkyl carbamates (subject to hydrolysis) is 1. The maximum atomic E-state index is 13.4. The third kappa shape index (κ3) is 6.81. The maximum absolute atomic E-state index is 13.4. The summed E-state index contributed by atoms with van der Waals surface area (Å²) in [5.74, 6) is -1.14. The molecule has 4 unspecified atom stereocenters. The van der Waals surface area contributed by atoms with E-state index >= 15 is 0 Å². The normalized spacial score (nSPS) is 20.3. The van der Waals surface area contributed by atoms with Crippen LogP contribution in [0.1, 0.15) is 34.1 Å². The third-order valence-corrected chi connectivity index (χ3v) is 4.91. The number of benzene rings is 1. The van der Waals surface area contributed by atoms with E-state index in [9.17, 15) is 18.8 Å². The molecule has 0 aliphatic carbocycles. The molecule has 1 N–H and O–H groups in total. The van der Waals surface area contributed by atoms with Gasteiger partial charge in [-0.2, -0.15) is 0 Å². The van der Waals surface area contributed by atoms with Crippen LogP contribution in [-0.2, 0) is 23.8 Å². The van der Waals surface area contributed by atoms with Gasteiger partial charge in [-0.3, -0.25) is 4.79 Å². The topological polar surface area (TPSA) is 103 Å². The fraction of sp³-hybridized carbons (Fsp3) is 0.591. The molecular formula is C22H31FN2O7. The predicted molar refractivity (Wildman–Crippen MR) is 113 cm³/mol. The summed E-state index contributed by atoms with van der Waals surface area (Å²) >= 11 is 0. The number of nitrogens with one attached hydrogen (secondary N) is 1. The molecule has 1 fully saturated rings. The van der Waals surface area contributed by atoms with Crippen molar-refractivity contribution in [3.63, 3.8) is 0 Å². The van der Waals surface area contributed by atoms with Crippen LogP contribution < -0.4 is 10.1 Å². The summed E-state index contributed by atoms with van der Waals surface area (Å²) in [4.78, 5) is 39.4. The van der Waals surface area contributed by atoms with E-state index in [2.05, 4.69) is 5.32 Å². The number of methoxy groups -OCH3 is 2. The minimum Gasteiger partial charge on any atom is -0.488 e. The second-order valence-corrected chi connectivity index (χ2v) is 8.52. The van der Waals surface area contributed by atoms with Crippen LogP contribution in [0.25, 0.3) is 0 Å². The van der Waals surface area contributed by atoms with Crippen molar-refractivity contribution in [1.82, 2.24) is 10.2 Å². The van der Waals surface area contributed by atoms with Crippen LogP contribution in [0.15, 0.2) is 24.3 Å². The van der Waals surface area contributed by atoms with Crippen LogP contribution in [0.3, 0.4) is 0 Å². The van der Waals surface area contributed by atoms with Crippen LogP contribution in [0, 0.1) is 5.82 Å². The van der Waals surface area contributed by atoms with Gasteiger partial charge in [-0.1, -0.05) is 0 Å². The molecule has 0 spiro atoms. The molecule has 9 nitrogen and oxygen atoms in total. The monoisotopic (exact) mass is 454 g/mol. The number of esters is 1. The van der Waals surface area contributed by atoms with Crippen LogP contribution in [0.4, 0.5) is 9.18 Å². The summed E-state index contributed by atoms with van der Waals surface area (Å²) in [5, 5.41) is 2.54. The Labute approximate surface area is 187 Å². The number of halogens is 1. The number of likely N-dealkylation sites (tertiary alicyclic amines) is 1. The van der Waals surface area contributed by atoms with Gasteiger partial charge in [-0.25, -0.2) is 14.0 Å². The zero-order valence-corrected chi connectivity index (χ0v) is 19.2. The number of carbonyl (C=O) groups excluding carboxylic acids is 3. The van der Waals surface area contributed by atoms with Gasteiger partial charge in [0.1, 0.15) is 35.4 Å². The number of carbonyl (C=O) groups is 3. The van der Waals surface area contributed by atoms with Crippen LogP contribution in [0.2, 0.25) is 0 Å². The highest BCUT2D eigenvalue weighted by Crippen LogP contribution is 2.25. The average Bonchev–Trinajstić information content (AvgIpc) is 3.14. The van der Waals surface area contributed by atoms with E-state index in [1.807, 2.05) is 0 Å². The molecular weight excluding hydrogens is 423 g/mol. The minimum atomic E-state index is -1.11. The van der Waals surface area contributed by atoms with Crippen molar-refractivity contribution in [2.75, 3.05) is 20.8 Å². The fourth-order valence-electron chi connectivity index (χ4n) is 3.32. The van der Waals surface area contributed by atoms with E-state index in [0.29, 0.717) is 5.75 Å². The highest BCUT2D eigenvalue weighted by molar-refractivity contribution is 5.90. The zero-order chi connectivity index (χ0) is 24.1. The molecule has 1 saturated heterocycles. The lowest BCUT2D eigenvalue weighted by Crippen LogP contribution is -2.57. The van der Waals surface area contributed by atoms with E-state index < -0.39 is 53.7 Å². The Kier molecular flexibility index (Phi) is 8.43. The fourth-order valence-corrected chi connectivity index (χ4v) is 3.32. The Morgan fingerprint density at radius 3 is 2.31 bits per heavy atom. The van der Waals surface area contributed by atoms with Gasteiger partial charge < -0.3 is 29.2 Å². The Hall–Kier alpha value is -2.88. The molecule has 0 saturated carbocycles. The van der Waals surface area contributed by atoms with Crippen LogP contribution in [-0.4, -0.2) is 73.5 Å². The molecule has 1 aliphatic heterocycles. The Morgan fingerprint density at radius 2 is 1.78 bits per heavy atom. The first-order valence-electron chi connectivity index (χ1n) is 10.3. The molecule has 10 heteroatoms. The molecule has 1 aromatic rings. The molecule has 1 aromatic carbocycles. The maximum Gasteiger partial charge on any atom is 0.408 e. The molecule has 0 aromatic heterocycles. The van der Waals surface area contributed by atoms with Crippen molar-refractivity contribution in [2.45, 2.75) is 64.0 Å². The highest BCUT2D eigenvalue weighted by Gasteiger charge is 2.45. The number of hydrogen-bond acceptors (Lipinski definition) is 7. The molecule has 1 aliphatic rings. The van der Waals surface area contributed by atoms with Gasteiger partial charge in [-0.15, -0.1) is 0 Å². The summed E-state index contributed by atoms with van der Waals surface area (Å²) < 4.78 is 34.4. The zero-order valence-electron chi connectivity index (χ0n) is 19.2. The molecule has 2 rings (SSSR count). The van der Waals surface area contributed by atoms with Crippen LogP contribution in [0.5, 0.6) is 5.75 Å². The van der Waals surface area contributed by atoms with Gasteiger partial charge in [0.25, 0.3) is 0 Å². The quantitative estimate of drug-likeness (QED) is 0.631. The van der Waals surface area contributed by atoms with Crippen molar-refractivity contribution in [3.05, 3.63) is 30.1 Å². The summed E-state index contributed by atoms with van der Waals surface area (Å²) in [6.07, 6.45) is -1.84. The van der Waals surface area contributed by atoms with Crippen molar-refractivity contribution in [1.29, 1.82) is 0 Å². The summed E-state index contributed by atoms with van der Waals surface area (Å²) in [6, 6.07) is 3.43. The number of ether oxygens (including phenoxy) is 4. The molecule has 1 heterocycles. The van der Waals surface area contributed by atoms with Crippen molar-refractivity contribution in [2.24, 2.45) is 0 Å². The molecule has 2 amide bonds. The molecule has 178 valence electrons. The van der Waals surface area contributed by atoms with E-state index in [4.69, 9.17) is 18.9 Å². The summed E-state index contributed by atoms with van der Waals surface area (Å²) in [6.45, 7) is 6.80. The number of rotatable bonds is 7. The van der Waals surface area contributed by atoms with Gasteiger partial charge in [0.15, 0.2) is 0 Å². The number of amides is 2. The van der Waals surface area contributed by atoms with E-state index in [1.54, 1.807) is 27.7 Å². The first-order valence-corrected chi connectivity index (χ1v) is 10.3. The van der Waals surface area contributed by atoms with E-state index in [-0.39, 0.29) is 13.0 Å².